The Morgan fingerprint density at radius 2 is 1.91 bits per heavy atom. The van der Waals surface area contributed by atoms with Gasteiger partial charge < -0.3 is 27.8 Å². The molecular weight excluding hydrogens is 292 g/mol. The molecule has 0 aromatic heterocycles. The van der Waals surface area contributed by atoms with Gasteiger partial charge in [0.2, 0.25) is 0 Å². The summed E-state index contributed by atoms with van der Waals surface area (Å²) in [6.45, 7) is 4.87. The number of benzene rings is 1. The second-order valence-corrected chi connectivity index (χ2v) is 5.01. The average Bonchev–Trinajstić information content (AvgIpc) is 2.52. The highest BCUT2D eigenvalue weighted by Crippen LogP contribution is 2.14. The van der Waals surface area contributed by atoms with Gasteiger partial charge in [0.05, 0.1) is 5.57 Å². The van der Waals surface area contributed by atoms with Crippen LogP contribution in [0, 0.1) is 0 Å². The standard InChI is InChI=1S/C16H26N6O/c1-2-20-11-14(15(17)23)13-6-4-12(5-7-13)10-21-8-3-9-22-16(18)19/h4-7,11,20-21H,2-3,8-10H2,1H3,(H2,17,23)(H4,18,19,22)/b14-11-. The number of nitrogens with one attached hydrogen (secondary N) is 2. The van der Waals surface area contributed by atoms with Crippen LogP contribution in [0.4, 0.5) is 0 Å². The molecule has 0 aliphatic rings. The lowest BCUT2D eigenvalue weighted by molar-refractivity contribution is -0.112. The Balaban J connectivity index is 2.49. The lowest BCUT2D eigenvalue weighted by Crippen LogP contribution is -2.23. The Kier molecular flexibility index (Phi) is 8.23. The summed E-state index contributed by atoms with van der Waals surface area (Å²) in [7, 11) is 0. The van der Waals surface area contributed by atoms with Gasteiger partial charge in [0.15, 0.2) is 5.96 Å². The number of nitrogens with two attached hydrogens (primary N) is 3. The zero-order valence-electron chi connectivity index (χ0n) is 13.5. The number of hydrogen-bond acceptors (Lipinski definition) is 4. The fourth-order valence-electron chi connectivity index (χ4n) is 1.95. The summed E-state index contributed by atoms with van der Waals surface area (Å²) in [5.74, 6) is -0.326. The molecule has 126 valence electrons. The van der Waals surface area contributed by atoms with Crippen molar-refractivity contribution in [3.63, 3.8) is 0 Å². The lowest BCUT2D eigenvalue weighted by Gasteiger charge is -2.07. The molecule has 0 unspecified atom stereocenters. The fourth-order valence-corrected chi connectivity index (χ4v) is 1.95. The molecule has 0 fully saturated rings. The zero-order chi connectivity index (χ0) is 17.1. The lowest BCUT2D eigenvalue weighted by atomic mass is 10.0. The first kappa shape index (κ1) is 18.5. The van der Waals surface area contributed by atoms with Gasteiger partial charge in [0, 0.05) is 25.8 Å². The second kappa shape index (κ2) is 10.2. The topological polar surface area (TPSA) is 132 Å². The van der Waals surface area contributed by atoms with Crippen molar-refractivity contribution < 1.29 is 4.79 Å². The van der Waals surface area contributed by atoms with E-state index in [1.54, 1.807) is 6.20 Å². The number of guanidine groups is 1. The highest BCUT2D eigenvalue weighted by molar-refractivity contribution is 6.18. The molecule has 0 spiro atoms. The van der Waals surface area contributed by atoms with Crippen molar-refractivity contribution in [3.8, 4) is 0 Å². The van der Waals surface area contributed by atoms with E-state index in [2.05, 4.69) is 15.6 Å². The molecule has 1 aromatic carbocycles. The normalized spacial score (nSPS) is 11.1. The Hall–Kier alpha value is -2.54. The molecule has 7 heteroatoms. The Bertz CT molecular complexity index is 546. The van der Waals surface area contributed by atoms with E-state index in [-0.39, 0.29) is 5.96 Å². The van der Waals surface area contributed by atoms with E-state index in [1.165, 1.54) is 0 Å². The van der Waals surface area contributed by atoms with E-state index < -0.39 is 5.91 Å². The van der Waals surface area contributed by atoms with Gasteiger partial charge in [-0.25, -0.2) is 0 Å². The first-order chi connectivity index (χ1) is 11.0. The van der Waals surface area contributed by atoms with E-state index >= 15 is 0 Å². The maximum atomic E-state index is 11.5. The Morgan fingerprint density at radius 1 is 1.22 bits per heavy atom. The number of aliphatic imine (C=N–C) groups is 1. The van der Waals surface area contributed by atoms with Crippen LogP contribution in [-0.4, -0.2) is 31.5 Å². The van der Waals surface area contributed by atoms with Gasteiger partial charge in [-0.1, -0.05) is 24.3 Å². The number of hydrogen-bond donors (Lipinski definition) is 5. The number of carbonyl (C=O) groups excluding carboxylic acids is 1. The maximum Gasteiger partial charge on any atom is 0.250 e. The molecule has 0 saturated carbocycles. The van der Waals surface area contributed by atoms with Crippen LogP contribution in [0.25, 0.3) is 5.57 Å². The van der Waals surface area contributed by atoms with Crippen LogP contribution in [0.5, 0.6) is 0 Å². The SMILES string of the molecule is CCN/C=C(\C(N)=O)c1ccc(CNCCCN=C(N)N)cc1. The van der Waals surface area contributed by atoms with E-state index in [0.717, 1.165) is 37.2 Å². The fraction of sp³-hybridized carbons (Fsp3) is 0.375. The van der Waals surface area contributed by atoms with Gasteiger partial charge >= 0.3 is 0 Å². The third kappa shape index (κ3) is 7.32. The number of carbonyl (C=O) groups is 1. The highest BCUT2D eigenvalue weighted by atomic mass is 16.1. The van der Waals surface area contributed by atoms with Gasteiger partial charge in [0.25, 0.3) is 5.91 Å². The van der Waals surface area contributed by atoms with Crippen molar-refractivity contribution in [3.05, 3.63) is 41.6 Å². The summed E-state index contributed by atoms with van der Waals surface area (Å²) in [6.07, 6.45) is 2.52. The van der Waals surface area contributed by atoms with Crippen LogP contribution in [0.2, 0.25) is 0 Å². The quantitative estimate of drug-likeness (QED) is 0.177. The van der Waals surface area contributed by atoms with Crippen molar-refractivity contribution in [1.82, 2.24) is 10.6 Å². The number of primary amides is 1. The summed E-state index contributed by atoms with van der Waals surface area (Å²) < 4.78 is 0. The minimum absolute atomic E-state index is 0.122. The molecule has 1 rings (SSSR count). The van der Waals surface area contributed by atoms with E-state index in [0.29, 0.717) is 12.1 Å². The van der Waals surface area contributed by atoms with Crippen molar-refractivity contribution in [2.24, 2.45) is 22.2 Å². The third-order valence-corrected chi connectivity index (χ3v) is 3.12. The number of amides is 1. The molecule has 8 N–H and O–H groups in total. The minimum Gasteiger partial charge on any atom is -0.391 e. The van der Waals surface area contributed by atoms with Crippen LogP contribution in [0.3, 0.4) is 0 Å². The van der Waals surface area contributed by atoms with Crippen LogP contribution in [0.1, 0.15) is 24.5 Å². The summed E-state index contributed by atoms with van der Waals surface area (Å²) in [5.41, 5.74) is 18.3. The van der Waals surface area contributed by atoms with Gasteiger partial charge in [-0.2, -0.15) is 0 Å². The molecule has 0 atom stereocenters. The van der Waals surface area contributed by atoms with E-state index in [1.807, 2.05) is 31.2 Å². The van der Waals surface area contributed by atoms with Crippen LogP contribution < -0.4 is 27.8 Å². The summed E-state index contributed by atoms with van der Waals surface area (Å²) >= 11 is 0. The van der Waals surface area contributed by atoms with E-state index in [4.69, 9.17) is 17.2 Å². The van der Waals surface area contributed by atoms with Crippen molar-refractivity contribution >= 4 is 17.4 Å². The minimum atomic E-state index is -0.448. The summed E-state index contributed by atoms with van der Waals surface area (Å²) in [5, 5.41) is 6.31. The van der Waals surface area contributed by atoms with Gasteiger partial charge in [-0.05, 0) is 31.0 Å². The predicted octanol–water partition coefficient (Wildman–Crippen LogP) is -0.125. The molecule has 0 heterocycles. The van der Waals surface area contributed by atoms with Gasteiger partial charge in [-0.3, -0.25) is 9.79 Å². The molecule has 0 radical (unpaired) electrons. The van der Waals surface area contributed by atoms with Crippen LogP contribution >= 0.6 is 0 Å². The summed E-state index contributed by atoms with van der Waals surface area (Å²) in [4.78, 5) is 15.4. The molecule has 0 aliphatic carbocycles. The smallest absolute Gasteiger partial charge is 0.250 e. The highest BCUT2D eigenvalue weighted by Gasteiger charge is 2.07. The maximum absolute atomic E-state index is 11.5. The Labute approximate surface area is 137 Å². The molecule has 23 heavy (non-hydrogen) atoms. The van der Waals surface area contributed by atoms with Crippen molar-refractivity contribution in [2.45, 2.75) is 19.9 Å². The molecule has 1 amide bonds. The first-order valence-corrected chi connectivity index (χ1v) is 7.63. The monoisotopic (exact) mass is 318 g/mol. The number of nitrogens with zero attached hydrogens (tertiary/aromatic N) is 1. The third-order valence-electron chi connectivity index (χ3n) is 3.12. The van der Waals surface area contributed by atoms with Gasteiger partial charge in [-0.15, -0.1) is 0 Å². The first-order valence-electron chi connectivity index (χ1n) is 7.63. The van der Waals surface area contributed by atoms with Crippen LogP contribution in [0.15, 0.2) is 35.5 Å². The molecule has 0 saturated heterocycles. The number of rotatable bonds is 10. The van der Waals surface area contributed by atoms with Crippen molar-refractivity contribution in [1.29, 1.82) is 0 Å². The summed E-state index contributed by atoms with van der Waals surface area (Å²) in [6, 6.07) is 7.73. The van der Waals surface area contributed by atoms with Crippen molar-refractivity contribution in [2.75, 3.05) is 19.6 Å². The molecular formula is C16H26N6O. The second-order valence-electron chi connectivity index (χ2n) is 5.01. The molecule has 0 bridgehead atoms. The zero-order valence-corrected chi connectivity index (χ0v) is 13.5. The molecule has 7 nitrogen and oxygen atoms in total. The molecule has 1 aromatic rings. The van der Waals surface area contributed by atoms with Gasteiger partial charge in [0.1, 0.15) is 0 Å². The van der Waals surface area contributed by atoms with Crippen LogP contribution in [-0.2, 0) is 11.3 Å². The average molecular weight is 318 g/mol. The Morgan fingerprint density at radius 3 is 2.48 bits per heavy atom. The predicted molar refractivity (Wildman–Crippen MR) is 94.3 cm³/mol. The largest absolute Gasteiger partial charge is 0.391 e. The molecule has 0 aliphatic heterocycles. The van der Waals surface area contributed by atoms with E-state index in [9.17, 15) is 4.79 Å².